The van der Waals surface area contributed by atoms with Crippen LogP contribution in [0.3, 0.4) is 0 Å². The second-order valence-corrected chi connectivity index (χ2v) is 12.6. The SMILES string of the molecule is CCOC(=O)c1c(NC(=O)CSc2nnc(-c3nn(C)c(C)c3Br)n2-c2ccc(F)cc2)sc2c1CCC(CC)C2. The molecule has 0 saturated carbocycles. The van der Waals surface area contributed by atoms with E-state index < -0.39 is 5.97 Å². The third kappa shape index (κ3) is 5.98. The number of thiophene rings is 1. The monoisotopic (exact) mass is 660 g/mol. The molecular weight excluding hydrogens is 631 g/mol. The van der Waals surface area contributed by atoms with E-state index in [0.717, 1.165) is 46.3 Å². The van der Waals surface area contributed by atoms with Crippen LogP contribution in [-0.2, 0) is 29.4 Å². The van der Waals surface area contributed by atoms with Crippen LogP contribution in [0.15, 0.2) is 33.9 Å². The minimum atomic E-state index is -0.403. The van der Waals surface area contributed by atoms with Gasteiger partial charge in [-0.15, -0.1) is 21.5 Å². The van der Waals surface area contributed by atoms with E-state index in [1.165, 1.54) is 35.2 Å². The zero-order chi connectivity index (χ0) is 29.3. The fraction of sp³-hybridized carbons (Fsp3) is 0.393. The summed E-state index contributed by atoms with van der Waals surface area (Å²) in [5, 5.41) is 17.2. The van der Waals surface area contributed by atoms with Gasteiger partial charge in [0.05, 0.1) is 22.4 Å². The van der Waals surface area contributed by atoms with E-state index in [0.29, 0.717) is 38.8 Å². The van der Waals surface area contributed by atoms with Crippen molar-refractivity contribution in [3.05, 3.63) is 56.3 Å². The molecule has 13 heteroatoms. The van der Waals surface area contributed by atoms with Crippen molar-refractivity contribution in [2.75, 3.05) is 17.7 Å². The number of aromatic nitrogens is 5. The number of nitrogens with one attached hydrogen (secondary N) is 1. The van der Waals surface area contributed by atoms with Crippen LogP contribution in [0.5, 0.6) is 0 Å². The lowest BCUT2D eigenvalue weighted by atomic mass is 9.85. The quantitative estimate of drug-likeness (QED) is 0.165. The van der Waals surface area contributed by atoms with Gasteiger partial charge in [-0.2, -0.15) is 5.10 Å². The smallest absolute Gasteiger partial charge is 0.341 e. The molecule has 5 rings (SSSR count). The highest BCUT2D eigenvalue weighted by Gasteiger charge is 2.30. The zero-order valence-corrected chi connectivity index (χ0v) is 26.4. The lowest BCUT2D eigenvalue weighted by Gasteiger charge is -2.20. The summed E-state index contributed by atoms with van der Waals surface area (Å²) in [6.45, 7) is 6.14. The van der Waals surface area contributed by atoms with Crippen molar-refractivity contribution in [1.82, 2.24) is 24.5 Å². The van der Waals surface area contributed by atoms with Crippen molar-refractivity contribution in [2.45, 2.75) is 51.6 Å². The summed E-state index contributed by atoms with van der Waals surface area (Å²) in [5.74, 6) is -0.00462. The number of halogens is 2. The average molecular weight is 662 g/mol. The number of hydrogen-bond acceptors (Lipinski definition) is 8. The molecule has 216 valence electrons. The van der Waals surface area contributed by atoms with Crippen LogP contribution in [0, 0.1) is 18.7 Å². The molecule has 41 heavy (non-hydrogen) atoms. The third-order valence-corrected chi connectivity index (χ3v) is 10.2. The number of benzene rings is 1. The highest BCUT2D eigenvalue weighted by Crippen LogP contribution is 2.41. The van der Waals surface area contributed by atoms with E-state index in [-0.39, 0.29) is 24.1 Å². The fourth-order valence-electron chi connectivity index (χ4n) is 4.87. The molecule has 4 aromatic rings. The summed E-state index contributed by atoms with van der Waals surface area (Å²) in [4.78, 5) is 27.3. The van der Waals surface area contributed by atoms with Crippen molar-refractivity contribution < 1.29 is 18.7 Å². The number of esters is 1. The predicted octanol–water partition coefficient (Wildman–Crippen LogP) is 6.36. The number of carbonyl (C=O) groups excluding carboxylic acids is 2. The minimum absolute atomic E-state index is 0.0180. The van der Waals surface area contributed by atoms with Gasteiger partial charge in [0, 0.05) is 23.3 Å². The topological polar surface area (TPSA) is 104 Å². The lowest BCUT2D eigenvalue weighted by Crippen LogP contribution is -2.18. The van der Waals surface area contributed by atoms with Crippen molar-refractivity contribution in [3.63, 3.8) is 0 Å². The Kier molecular flexibility index (Phi) is 8.95. The summed E-state index contributed by atoms with van der Waals surface area (Å²) < 4.78 is 23.3. The molecule has 1 N–H and O–H groups in total. The molecule has 3 heterocycles. The molecule has 0 spiro atoms. The van der Waals surface area contributed by atoms with Crippen LogP contribution >= 0.6 is 39.0 Å². The number of ether oxygens (including phenoxy) is 1. The number of anilines is 1. The molecule has 1 amide bonds. The Labute approximate surface area is 254 Å². The first kappa shape index (κ1) is 29.5. The van der Waals surface area contributed by atoms with Gasteiger partial charge in [-0.3, -0.25) is 14.0 Å². The highest BCUT2D eigenvalue weighted by molar-refractivity contribution is 9.10. The number of carbonyl (C=O) groups is 2. The second-order valence-electron chi connectivity index (χ2n) is 9.77. The summed E-state index contributed by atoms with van der Waals surface area (Å²) in [5.41, 5.74) is 3.59. The molecule has 1 unspecified atom stereocenters. The molecule has 3 aromatic heterocycles. The minimum Gasteiger partial charge on any atom is -0.462 e. The number of fused-ring (bicyclic) bond motifs is 1. The van der Waals surface area contributed by atoms with Gasteiger partial charge >= 0.3 is 5.97 Å². The van der Waals surface area contributed by atoms with Crippen LogP contribution < -0.4 is 5.32 Å². The summed E-state index contributed by atoms with van der Waals surface area (Å²) in [6, 6.07) is 5.97. The number of aryl methyl sites for hydroxylation is 1. The van der Waals surface area contributed by atoms with Gasteiger partial charge in [-0.25, -0.2) is 9.18 Å². The number of rotatable bonds is 9. The maximum atomic E-state index is 13.7. The molecule has 1 aliphatic rings. The predicted molar refractivity (Wildman–Crippen MR) is 161 cm³/mol. The number of amides is 1. The van der Waals surface area contributed by atoms with Crippen molar-refractivity contribution in [3.8, 4) is 17.2 Å². The van der Waals surface area contributed by atoms with Gasteiger partial charge in [-0.1, -0.05) is 25.1 Å². The first-order valence-electron chi connectivity index (χ1n) is 13.4. The Balaban J connectivity index is 1.41. The maximum Gasteiger partial charge on any atom is 0.341 e. The van der Waals surface area contributed by atoms with Gasteiger partial charge in [0.2, 0.25) is 5.91 Å². The van der Waals surface area contributed by atoms with Crippen molar-refractivity contribution in [1.29, 1.82) is 0 Å². The lowest BCUT2D eigenvalue weighted by molar-refractivity contribution is -0.113. The Bertz CT molecular complexity index is 1600. The Morgan fingerprint density at radius 2 is 2.00 bits per heavy atom. The van der Waals surface area contributed by atoms with Crippen molar-refractivity contribution in [2.24, 2.45) is 13.0 Å². The highest BCUT2D eigenvalue weighted by atomic mass is 79.9. The first-order chi connectivity index (χ1) is 19.7. The number of thioether (sulfide) groups is 1. The Hall–Kier alpha value is -3.03. The van der Waals surface area contributed by atoms with Crippen LogP contribution in [0.2, 0.25) is 0 Å². The second kappa shape index (κ2) is 12.5. The zero-order valence-electron chi connectivity index (χ0n) is 23.2. The van der Waals surface area contributed by atoms with E-state index in [4.69, 9.17) is 4.74 Å². The average Bonchev–Trinajstić information content (AvgIpc) is 3.61. The van der Waals surface area contributed by atoms with Crippen LogP contribution in [0.1, 0.15) is 53.2 Å². The van der Waals surface area contributed by atoms with Gasteiger partial charge < -0.3 is 10.1 Å². The molecule has 1 aromatic carbocycles. The van der Waals surface area contributed by atoms with Gasteiger partial charge in [0.1, 0.15) is 16.5 Å². The maximum absolute atomic E-state index is 13.7. The summed E-state index contributed by atoms with van der Waals surface area (Å²) in [7, 11) is 1.83. The van der Waals surface area contributed by atoms with Crippen LogP contribution in [0.25, 0.3) is 17.2 Å². The molecule has 0 aliphatic heterocycles. The summed E-state index contributed by atoms with van der Waals surface area (Å²) in [6.07, 6.45) is 3.80. The van der Waals surface area contributed by atoms with Gasteiger partial charge in [0.15, 0.2) is 11.0 Å². The van der Waals surface area contributed by atoms with Gasteiger partial charge in [-0.05, 0) is 84.8 Å². The van der Waals surface area contributed by atoms with E-state index >= 15 is 0 Å². The van der Waals surface area contributed by atoms with Gasteiger partial charge in [0.25, 0.3) is 0 Å². The van der Waals surface area contributed by atoms with Crippen molar-refractivity contribution >= 4 is 55.9 Å². The molecular formula is C28H30BrFN6O3S2. The molecule has 9 nitrogen and oxygen atoms in total. The molecule has 1 aliphatic carbocycles. The normalized spacial score (nSPS) is 14.6. The standard InChI is InChI=1S/C28H30BrFN6O3S2/c1-5-16-7-12-19-20(13-16)41-26(22(19)27(38)39-6-2)31-21(37)14-40-28-33-32-25(24-23(29)15(3)35(4)34-24)36(28)18-10-8-17(30)9-11-18/h8-11,16H,5-7,12-14H2,1-4H3,(H,31,37). The van der Waals surface area contributed by atoms with Crippen LogP contribution in [-0.4, -0.2) is 48.8 Å². The molecule has 0 fully saturated rings. The summed E-state index contributed by atoms with van der Waals surface area (Å²) >= 11 is 6.25. The molecule has 0 bridgehead atoms. The van der Waals surface area contributed by atoms with Crippen LogP contribution in [0.4, 0.5) is 9.39 Å². The third-order valence-electron chi connectivity index (χ3n) is 7.20. The Morgan fingerprint density at radius 3 is 2.66 bits per heavy atom. The largest absolute Gasteiger partial charge is 0.462 e. The molecule has 1 atom stereocenters. The number of hydrogen-bond donors (Lipinski definition) is 1. The molecule has 0 radical (unpaired) electrons. The van der Waals surface area contributed by atoms with E-state index in [1.54, 1.807) is 28.3 Å². The van der Waals surface area contributed by atoms with E-state index in [2.05, 4.69) is 43.5 Å². The first-order valence-corrected chi connectivity index (χ1v) is 16.0. The number of nitrogens with zero attached hydrogens (tertiary/aromatic N) is 5. The molecule has 0 saturated heterocycles. The van der Waals surface area contributed by atoms with E-state index in [1.807, 2.05) is 14.0 Å². The fourth-order valence-corrected chi connectivity index (χ4v) is 7.50. The van der Waals surface area contributed by atoms with E-state index in [9.17, 15) is 14.0 Å². The Morgan fingerprint density at radius 1 is 1.24 bits per heavy atom.